The van der Waals surface area contributed by atoms with Gasteiger partial charge in [-0.3, -0.25) is 4.79 Å². The molecular weight excluding hydrogens is 244 g/mol. The summed E-state index contributed by atoms with van der Waals surface area (Å²) in [6, 6.07) is 4.75. The third kappa shape index (κ3) is 3.17. The number of nitrogens with one attached hydrogen (secondary N) is 1. The summed E-state index contributed by atoms with van der Waals surface area (Å²) >= 11 is 0. The fraction of sp³-hybridized carbons (Fsp3) is 0.500. The zero-order chi connectivity index (χ0) is 14.0. The minimum Gasteiger partial charge on any atom is -0.486 e. The van der Waals surface area contributed by atoms with E-state index < -0.39 is 6.04 Å². The van der Waals surface area contributed by atoms with E-state index in [2.05, 4.69) is 5.32 Å². The van der Waals surface area contributed by atoms with Gasteiger partial charge < -0.3 is 20.5 Å². The van der Waals surface area contributed by atoms with Crippen LogP contribution in [0.25, 0.3) is 0 Å². The van der Waals surface area contributed by atoms with Gasteiger partial charge in [0.2, 0.25) is 5.91 Å². The Labute approximate surface area is 113 Å². The Morgan fingerprint density at radius 2 is 1.89 bits per heavy atom. The molecule has 0 aromatic heterocycles. The van der Waals surface area contributed by atoms with E-state index in [1.54, 1.807) is 18.2 Å². The van der Waals surface area contributed by atoms with Crippen molar-refractivity contribution in [2.24, 2.45) is 11.1 Å². The van der Waals surface area contributed by atoms with Gasteiger partial charge in [-0.2, -0.15) is 0 Å². The number of carbonyl (C=O) groups is 1. The van der Waals surface area contributed by atoms with Gasteiger partial charge >= 0.3 is 0 Å². The van der Waals surface area contributed by atoms with Crippen molar-refractivity contribution in [3.63, 3.8) is 0 Å². The van der Waals surface area contributed by atoms with Gasteiger partial charge in [0.05, 0.1) is 6.04 Å². The summed E-state index contributed by atoms with van der Waals surface area (Å²) in [6.07, 6.45) is 0. The molecule has 2 rings (SSSR count). The van der Waals surface area contributed by atoms with E-state index in [1.807, 2.05) is 20.8 Å². The summed E-state index contributed by atoms with van der Waals surface area (Å²) in [4.78, 5) is 12.0. The van der Waals surface area contributed by atoms with E-state index in [0.717, 1.165) is 0 Å². The number of ether oxygens (including phenoxy) is 2. The van der Waals surface area contributed by atoms with Crippen molar-refractivity contribution in [1.82, 2.24) is 0 Å². The SMILES string of the molecule is CC(C)(C)[C@@H](N)C(=O)Nc1ccc2c(c1)OCCO2. The molecule has 0 aliphatic carbocycles. The summed E-state index contributed by atoms with van der Waals surface area (Å²) in [5.41, 5.74) is 6.29. The van der Waals surface area contributed by atoms with Gasteiger partial charge in [0.1, 0.15) is 13.2 Å². The predicted octanol–water partition coefficient (Wildman–Crippen LogP) is 1.77. The van der Waals surface area contributed by atoms with Crippen LogP contribution in [0.2, 0.25) is 0 Å². The zero-order valence-electron chi connectivity index (χ0n) is 11.5. The van der Waals surface area contributed by atoms with Crippen LogP contribution in [0.5, 0.6) is 11.5 Å². The molecule has 0 fully saturated rings. The molecule has 5 nitrogen and oxygen atoms in total. The average Bonchev–Trinajstić information content (AvgIpc) is 2.36. The zero-order valence-corrected chi connectivity index (χ0v) is 11.5. The van der Waals surface area contributed by atoms with E-state index >= 15 is 0 Å². The lowest BCUT2D eigenvalue weighted by atomic mass is 9.87. The highest BCUT2D eigenvalue weighted by Gasteiger charge is 2.27. The van der Waals surface area contributed by atoms with Crippen LogP contribution in [0, 0.1) is 5.41 Å². The van der Waals surface area contributed by atoms with Gasteiger partial charge in [-0.05, 0) is 17.5 Å². The van der Waals surface area contributed by atoms with Crippen LogP contribution in [0.4, 0.5) is 5.69 Å². The Balaban J connectivity index is 2.09. The molecular formula is C14H20N2O3. The van der Waals surface area contributed by atoms with Crippen molar-refractivity contribution < 1.29 is 14.3 Å². The van der Waals surface area contributed by atoms with E-state index in [9.17, 15) is 4.79 Å². The van der Waals surface area contributed by atoms with Gasteiger partial charge in [0.25, 0.3) is 0 Å². The van der Waals surface area contributed by atoms with Crippen LogP contribution in [0.15, 0.2) is 18.2 Å². The summed E-state index contributed by atoms with van der Waals surface area (Å²) in [5, 5.41) is 2.80. The molecule has 3 N–H and O–H groups in total. The molecule has 1 aromatic rings. The normalized spacial score (nSPS) is 15.8. The molecule has 0 unspecified atom stereocenters. The molecule has 1 aliphatic rings. The van der Waals surface area contributed by atoms with E-state index in [-0.39, 0.29) is 11.3 Å². The maximum Gasteiger partial charge on any atom is 0.241 e. The Morgan fingerprint density at radius 3 is 2.53 bits per heavy atom. The van der Waals surface area contributed by atoms with Crippen LogP contribution in [-0.4, -0.2) is 25.2 Å². The highest BCUT2D eigenvalue weighted by atomic mass is 16.6. The molecule has 104 valence electrons. The Hall–Kier alpha value is -1.75. The van der Waals surface area contributed by atoms with Crippen LogP contribution in [-0.2, 0) is 4.79 Å². The van der Waals surface area contributed by atoms with Crippen LogP contribution >= 0.6 is 0 Å². The Morgan fingerprint density at radius 1 is 1.26 bits per heavy atom. The number of fused-ring (bicyclic) bond motifs is 1. The second-order valence-corrected chi connectivity index (χ2v) is 5.69. The molecule has 0 saturated heterocycles. The summed E-state index contributed by atoms with van der Waals surface area (Å²) < 4.78 is 10.9. The van der Waals surface area contributed by atoms with Crippen molar-refractivity contribution in [3.8, 4) is 11.5 Å². The van der Waals surface area contributed by atoms with Crippen molar-refractivity contribution in [2.45, 2.75) is 26.8 Å². The first-order chi connectivity index (χ1) is 8.88. The molecule has 0 radical (unpaired) electrons. The average molecular weight is 264 g/mol. The first-order valence-electron chi connectivity index (χ1n) is 6.34. The molecule has 0 spiro atoms. The number of hydrogen-bond acceptors (Lipinski definition) is 4. The van der Waals surface area contributed by atoms with Crippen molar-refractivity contribution in [2.75, 3.05) is 18.5 Å². The summed E-state index contributed by atoms with van der Waals surface area (Å²) in [5.74, 6) is 1.14. The molecule has 5 heteroatoms. The van der Waals surface area contributed by atoms with Crippen LogP contribution < -0.4 is 20.5 Å². The maximum absolute atomic E-state index is 12.0. The lowest BCUT2D eigenvalue weighted by Crippen LogP contribution is -2.45. The second-order valence-electron chi connectivity index (χ2n) is 5.69. The topological polar surface area (TPSA) is 73.6 Å². The number of carbonyl (C=O) groups excluding carboxylic acids is 1. The molecule has 1 aliphatic heterocycles. The van der Waals surface area contributed by atoms with E-state index in [4.69, 9.17) is 15.2 Å². The van der Waals surface area contributed by atoms with Gasteiger partial charge in [0, 0.05) is 11.8 Å². The summed E-state index contributed by atoms with van der Waals surface area (Å²) in [6.45, 7) is 6.86. The molecule has 1 amide bonds. The minimum atomic E-state index is -0.569. The standard InChI is InChI=1S/C14H20N2O3/c1-14(2,3)12(15)13(17)16-9-4-5-10-11(8-9)19-7-6-18-10/h4-5,8,12H,6-7,15H2,1-3H3,(H,16,17)/t12-/m0/s1. The number of hydrogen-bond donors (Lipinski definition) is 2. The monoisotopic (exact) mass is 264 g/mol. The van der Waals surface area contributed by atoms with E-state index in [0.29, 0.717) is 30.4 Å². The fourth-order valence-electron chi connectivity index (χ4n) is 1.73. The molecule has 0 bridgehead atoms. The highest BCUT2D eigenvalue weighted by Crippen LogP contribution is 2.32. The Kier molecular flexibility index (Phi) is 3.66. The van der Waals surface area contributed by atoms with Gasteiger partial charge in [-0.15, -0.1) is 0 Å². The molecule has 1 aromatic carbocycles. The van der Waals surface area contributed by atoms with Crippen LogP contribution in [0.1, 0.15) is 20.8 Å². The number of amides is 1. The van der Waals surface area contributed by atoms with Crippen LogP contribution in [0.3, 0.4) is 0 Å². The lowest BCUT2D eigenvalue weighted by molar-refractivity contribution is -0.119. The summed E-state index contributed by atoms with van der Waals surface area (Å²) in [7, 11) is 0. The van der Waals surface area contributed by atoms with Crippen molar-refractivity contribution in [3.05, 3.63) is 18.2 Å². The maximum atomic E-state index is 12.0. The quantitative estimate of drug-likeness (QED) is 0.853. The van der Waals surface area contributed by atoms with Crippen molar-refractivity contribution >= 4 is 11.6 Å². The molecule has 0 saturated carbocycles. The first-order valence-corrected chi connectivity index (χ1v) is 6.34. The molecule has 19 heavy (non-hydrogen) atoms. The van der Waals surface area contributed by atoms with Crippen molar-refractivity contribution in [1.29, 1.82) is 0 Å². The minimum absolute atomic E-state index is 0.204. The smallest absolute Gasteiger partial charge is 0.241 e. The van der Waals surface area contributed by atoms with Gasteiger partial charge in [0.15, 0.2) is 11.5 Å². The fourth-order valence-corrected chi connectivity index (χ4v) is 1.73. The number of benzene rings is 1. The third-order valence-electron chi connectivity index (χ3n) is 3.03. The van der Waals surface area contributed by atoms with E-state index in [1.165, 1.54) is 0 Å². The highest BCUT2D eigenvalue weighted by molar-refractivity contribution is 5.95. The largest absolute Gasteiger partial charge is 0.486 e. The predicted molar refractivity (Wildman–Crippen MR) is 73.5 cm³/mol. The molecule has 1 heterocycles. The molecule has 1 atom stereocenters. The number of anilines is 1. The Bertz CT molecular complexity index is 480. The van der Waals surface area contributed by atoms with Gasteiger partial charge in [-0.1, -0.05) is 20.8 Å². The number of nitrogens with two attached hydrogens (primary N) is 1. The first kappa shape index (κ1) is 13.7. The van der Waals surface area contributed by atoms with Gasteiger partial charge in [-0.25, -0.2) is 0 Å². The third-order valence-corrected chi connectivity index (χ3v) is 3.03. The second kappa shape index (κ2) is 5.09. The lowest BCUT2D eigenvalue weighted by Gasteiger charge is -2.26. The number of rotatable bonds is 2.